The fourth-order valence-corrected chi connectivity index (χ4v) is 7.52. The van der Waals surface area contributed by atoms with Crippen LogP contribution in [0.5, 0.6) is 0 Å². The number of hydrogen-bond acceptors (Lipinski definition) is 0. The van der Waals surface area contributed by atoms with Crippen LogP contribution in [0.25, 0.3) is 66.1 Å². The maximum absolute atomic E-state index is 2.47. The fraction of sp³-hybridized carbons (Fsp3) is 0.0833. The summed E-state index contributed by atoms with van der Waals surface area (Å²) < 4.78 is 0. The molecule has 238 valence electrons. The first kappa shape index (κ1) is 35.7. The van der Waals surface area contributed by atoms with Gasteiger partial charge in [-0.1, -0.05) is 177 Å². The van der Waals surface area contributed by atoms with Gasteiger partial charge in [0.25, 0.3) is 0 Å². The summed E-state index contributed by atoms with van der Waals surface area (Å²) >= 11 is 0. The van der Waals surface area contributed by atoms with Gasteiger partial charge in [0.15, 0.2) is 0 Å². The molecule has 0 saturated carbocycles. The zero-order chi connectivity index (χ0) is 31.1. The molecular weight excluding hydrogens is 755 g/mol. The molecule has 0 saturated heterocycles. The van der Waals surface area contributed by atoms with Gasteiger partial charge in [0.1, 0.15) is 0 Å². The van der Waals surface area contributed by atoms with Gasteiger partial charge in [-0.15, -0.1) is 68.1 Å². The van der Waals surface area contributed by atoms with Crippen LogP contribution in [-0.4, -0.2) is 0 Å². The Morgan fingerprint density at radius 2 is 0.714 bits per heavy atom. The molecule has 0 amide bonds. The zero-order valence-corrected chi connectivity index (χ0v) is 32.5. The monoisotopic (exact) mass is 798 g/mol. The molecule has 1 heteroatoms. The predicted octanol–water partition coefficient (Wildman–Crippen LogP) is 13.7. The molecular formula is C48H42Hf. The molecule has 0 aliphatic carbocycles. The Kier molecular flexibility index (Phi) is 10.9. The van der Waals surface area contributed by atoms with Gasteiger partial charge >= 0.3 is 25.8 Å². The van der Waals surface area contributed by atoms with Gasteiger partial charge in [-0.3, -0.25) is 0 Å². The summed E-state index contributed by atoms with van der Waals surface area (Å²) in [6, 6.07) is 62.3. The molecule has 0 aliphatic heterocycles. The molecule has 0 bridgehead atoms. The fourth-order valence-electron chi connectivity index (χ4n) is 7.52. The van der Waals surface area contributed by atoms with E-state index in [9.17, 15) is 0 Å². The SMILES string of the molecule is CCC(C)(c1c(-c2ccc(-c3ccccc3)cc2)[cH-]c2ccccc12)c1c(-c2ccc(-c3ccccc3)cc2)[cH-]c2ccccc12.[CH3-].[CH3-].[Hf+4]. The summed E-state index contributed by atoms with van der Waals surface area (Å²) in [6.45, 7) is 4.83. The van der Waals surface area contributed by atoms with Crippen molar-refractivity contribution in [3.8, 4) is 44.5 Å². The predicted molar refractivity (Wildman–Crippen MR) is 210 cm³/mol. The van der Waals surface area contributed by atoms with E-state index in [-0.39, 0.29) is 46.1 Å². The second-order valence-electron chi connectivity index (χ2n) is 12.6. The van der Waals surface area contributed by atoms with Crippen molar-refractivity contribution in [3.05, 3.63) is 196 Å². The molecule has 0 aromatic heterocycles. The molecule has 0 unspecified atom stereocenters. The average molecular weight is 797 g/mol. The Balaban J connectivity index is 0.00000156. The normalized spacial score (nSPS) is 11.1. The average Bonchev–Trinajstić information content (AvgIpc) is 3.73. The van der Waals surface area contributed by atoms with E-state index in [1.54, 1.807) is 0 Å². The first-order valence-corrected chi connectivity index (χ1v) is 16.3. The molecule has 49 heavy (non-hydrogen) atoms. The topological polar surface area (TPSA) is 0 Å². The number of fused-ring (bicyclic) bond motifs is 2. The molecule has 0 spiro atoms. The Morgan fingerprint density at radius 1 is 0.408 bits per heavy atom. The summed E-state index contributed by atoms with van der Waals surface area (Å²) in [6.07, 6.45) is 0.971. The second-order valence-corrected chi connectivity index (χ2v) is 12.6. The Bertz CT molecular complexity index is 2100. The van der Waals surface area contributed by atoms with E-state index < -0.39 is 0 Å². The molecule has 8 aromatic carbocycles. The van der Waals surface area contributed by atoms with Crippen molar-refractivity contribution >= 4 is 21.5 Å². The summed E-state index contributed by atoms with van der Waals surface area (Å²) in [5, 5.41) is 5.27. The van der Waals surface area contributed by atoms with Gasteiger partial charge in [0.05, 0.1) is 0 Å². The smallest absolute Gasteiger partial charge is 0.358 e. The first-order chi connectivity index (χ1) is 22.6. The van der Waals surface area contributed by atoms with E-state index >= 15 is 0 Å². The van der Waals surface area contributed by atoms with E-state index in [2.05, 4.69) is 184 Å². The molecule has 0 atom stereocenters. The number of rotatable bonds is 7. The molecule has 0 nitrogen and oxygen atoms in total. The van der Waals surface area contributed by atoms with Gasteiger partial charge in [-0.25, -0.2) is 0 Å². The maximum Gasteiger partial charge on any atom is 4.00 e. The Hall–Kier alpha value is -4.59. The van der Waals surface area contributed by atoms with Gasteiger partial charge in [0, 0.05) is 0 Å². The minimum absolute atomic E-state index is 0. The van der Waals surface area contributed by atoms with Crippen LogP contribution < -0.4 is 0 Å². The molecule has 0 N–H and O–H groups in total. The molecule has 0 radical (unpaired) electrons. The van der Waals surface area contributed by atoms with Crippen molar-refractivity contribution in [1.82, 2.24) is 0 Å². The van der Waals surface area contributed by atoms with E-state index in [4.69, 9.17) is 0 Å². The first-order valence-electron chi connectivity index (χ1n) is 16.3. The van der Waals surface area contributed by atoms with Crippen LogP contribution in [0.3, 0.4) is 0 Å². The van der Waals surface area contributed by atoms with Crippen LogP contribution in [0.2, 0.25) is 0 Å². The second kappa shape index (κ2) is 14.9. The largest absolute Gasteiger partial charge is 4.00 e. The number of hydrogen-bond donors (Lipinski definition) is 0. The van der Waals surface area contributed by atoms with Gasteiger partial charge in [0.2, 0.25) is 0 Å². The van der Waals surface area contributed by atoms with Gasteiger partial charge in [-0.2, -0.15) is 0 Å². The van der Waals surface area contributed by atoms with Gasteiger partial charge < -0.3 is 14.9 Å². The molecule has 8 rings (SSSR count). The van der Waals surface area contributed by atoms with E-state index in [0.29, 0.717) is 0 Å². The zero-order valence-electron chi connectivity index (χ0n) is 28.9. The minimum atomic E-state index is -0.243. The van der Waals surface area contributed by atoms with Crippen molar-refractivity contribution < 1.29 is 25.8 Å². The summed E-state index contributed by atoms with van der Waals surface area (Å²) in [7, 11) is 0. The van der Waals surface area contributed by atoms with Crippen LogP contribution in [0.4, 0.5) is 0 Å². The molecule has 8 aromatic rings. The standard InChI is InChI=1S/C46H36.2CH3.Hf/c1-3-46(2,44-40-20-12-10-18-38(40)30-42(44)36-26-22-34(23-27-36)32-14-6-4-7-15-32)45-41-21-13-11-19-39(41)31-43(45)37-28-24-35(25-29-37)33-16-8-5-9-17-33;;;/h4-31H,3H2,1-2H3;2*1H3;/q-2;2*-1;+4. The third-order valence-corrected chi connectivity index (χ3v) is 10.0. The summed E-state index contributed by atoms with van der Waals surface area (Å²) in [5.41, 5.74) is 12.7. The Labute approximate surface area is 311 Å². The van der Waals surface area contributed by atoms with Gasteiger partial charge in [-0.05, 0) is 27.7 Å². The molecule has 0 heterocycles. The van der Waals surface area contributed by atoms with Crippen molar-refractivity contribution in [3.63, 3.8) is 0 Å². The van der Waals surface area contributed by atoms with E-state index in [0.717, 1.165) is 6.42 Å². The molecule has 0 fully saturated rings. The van der Waals surface area contributed by atoms with E-state index in [1.807, 2.05) is 0 Å². The Morgan fingerprint density at radius 3 is 1.08 bits per heavy atom. The van der Waals surface area contributed by atoms with Crippen LogP contribution in [0.1, 0.15) is 31.4 Å². The van der Waals surface area contributed by atoms with Crippen LogP contribution >= 0.6 is 0 Å². The maximum atomic E-state index is 2.47. The van der Waals surface area contributed by atoms with Crippen molar-refractivity contribution in [2.24, 2.45) is 0 Å². The third-order valence-electron chi connectivity index (χ3n) is 10.0. The summed E-state index contributed by atoms with van der Waals surface area (Å²) in [5.74, 6) is 0. The van der Waals surface area contributed by atoms with Crippen LogP contribution in [0.15, 0.2) is 170 Å². The van der Waals surface area contributed by atoms with Crippen molar-refractivity contribution in [2.45, 2.75) is 25.7 Å². The number of benzene rings is 6. The summed E-state index contributed by atoms with van der Waals surface area (Å²) in [4.78, 5) is 0. The van der Waals surface area contributed by atoms with Crippen molar-refractivity contribution in [1.29, 1.82) is 0 Å². The third kappa shape index (κ3) is 6.33. The van der Waals surface area contributed by atoms with Crippen molar-refractivity contribution in [2.75, 3.05) is 0 Å². The quantitative estimate of drug-likeness (QED) is 0.111. The minimum Gasteiger partial charge on any atom is -0.358 e. The van der Waals surface area contributed by atoms with Crippen LogP contribution in [0, 0.1) is 14.9 Å². The van der Waals surface area contributed by atoms with Crippen LogP contribution in [-0.2, 0) is 31.3 Å². The van der Waals surface area contributed by atoms with E-state index in [1.165, 1.54) is 77.2 Å². The molecule has 0 aliphatic rings.